The highest BCUT2D eigenvalue weighted by atomic mass is 32.2. The van der Waals surface area contributed by atoms with Gasteiger partial charge in [-0.05, 0) is 54.3 Å². The maximum atomic E-state index is 2.61. The molecule has 0 spiro atoms. The third-order valence-corrected chi connectivity index (χ3v) is 5.49. The van der Waals surface area contributed by atoms with Crippen LogP contribution in [0.15, 0.2) is 59.5 Å². The minimum Gasteiger partial charge on any atom is -0.299 e. The summed E-state index contributed by atoms with van der Waals surface area (Å²) in [6, 6.07) is 20.0. The first-order valence-corrected chi connectivity index (χ1v) is 9.39. The Labute approximate surface area is 138 Å². The van der Waals surface area contributed by atoms with Gasteiger partial charge in [0.05, 0.1) is 0 Å². The lowest BCUT2D eigenvalue weighted by Crippen LogP contribution is -2.37. The molecule has 1 saturated heterocycles. The van der Waals surface area contributed by atoms with Crippen molar-refractivity contribution >= 4 is 11.8 Å². The van der Waals surface area contributed by atoms with Crippen LogP contribution in [-0.2, 0) is 6.54 Å². The van der Waals surface area contributed by atoms with Gasteiger partial charge in [-0.15, -0.1) is 11.8 Å². The van der Waals surface area contributed by atoms with Crippen molar-refractivity contribution in [3.63, 3.8) is 0 Å². The molecule has 2 aromatic rings. The second-order valence-electron chi connectivity index (χ2n) is 6.37. The van der Waals surface area contributed by atoms with E-state index in [1.54, 1.807) is 0 Å². The van der Waals surface area contributed by atoms with Gasteiger partial charge < -0.3 is 0 Å². The fourth-order valence-corrected chi connectivity index (χ4v) is 4.05. The van der Waals surface area contributed by atoms with Crippen LogP contribution >= 0.6 is 11.8 Å². The number of hydrogen-bond acceptors (Lipinski definition) is 2. The van der Waals surface area contributed by atoms with E-state index in [9.17, 15) is 0 Å². The van der Waals surface area contributed by atoms with Crippen molar-refractivity contribution in [2.24, 2.45) is 5.92 Å². The van der Waals surface area contributed by atoms with Crippen molar-refractivity contribution in [2.45, 2.75) is 30.7 Å². The van der Waals surface area contributed by atoms with Crippen molar-refractivity contribution in [3.05, 3.63) is 65.7 Å². The summed E-state index contributed by atoms with van der Waals surface area (Å²) in [4.78, 5) is 3.99. The molecule has 2 atom stereocenters. The number of rotatable bonds is 4. The van der Waals surface area contributed by atoms with E-state index in [4.69, 9.17) is 0 Å². The molecule has 116 valence electrons. The Morgan fingerprint density at radius 1 is 1.09 bits per heavy atom. The smallest absolute Gasteiger partial charge is 0.0233 e. The second kappa shape index (κ2) is 7.34. The largest absolute Gasteiger partial charge is 0.299 e. The van der Waals surface area contributed by atoms with Crippen molar-refractivity contribution in [3.8, 4) is 0 Å². The average Bonchev–Trinajstić information content (AvgIpc) is 2.56. The number of piperidine rings is 1. The van der Waals surface area contributed by atoms with Crippen LogP contribution in [0.4, 0.5) is 0 Å². The average molecular weight is 311 g/mol. The van der Waals surface area contributed by atoms with Crippen molar-refractivity contribution in [2.75, 3.05) is 19.3 Å². The van der Waals surface area contributed by atoms with Gasteiger partial charge in [-0.1, -0.05) is 49.4 Å². The molecule has 0 aliphatic carbocycles. The summed E-state index contributed by atoms with van der Waals surface area (Å²) in [5.41, 5.74) is 2.95. The van der Waals surface area contributed by atoms with E-state index in [0.717, 1.165) is 12.5 Å². The molecule has 1 aliphatic heterocycles. The van der Waals surface area contributed by atoms with E-state index < -0.39 is 0 Å². The predicted octanol–water partition coefficient (Wildman–Crippen LogP) is 5.03. The molecule has 0 N–H and O–H groups in total. The molecule has 22 heavy (non-hydrogen) atoms. The monoisotopic (exact) mass is 311 g/mol. The zero-order valence-electron chi connectivity index (χ0n) is 13.5. The van der Waals surface area contributed by atoms with Crippen LogP contribution in [0.5, 0.6) is 0 Å². The topological polar surface area (TPSA) is 3.24 Å². The maximum Gasteiger partial charge on any atom is 0.0233 e. The number of hydrogen-bond donors (Lipinski definition) is 0. The first-order valence-electron chi connectivity index (χ1n) is 8.16. The van der Waals surface area contributed by atoms with Crippen molar-refractivity contribution in [1.82, 2.24) is 4.90 Å². The summed E-state index contributed by atoms with van der Waals surface area (Å²) in [6.45, 7) is 5.90. The summed E-state index contributed by atoms with van der Waals surface area (Å²) in [5, 5.41) is 0. The summed E-state index contributed by atoms with van der Waals surface area (Å²) >= 11 is 1.84. The van der Waals surface area contributed by atoms with Gasteiger partial charge in [0.15, 0.2) is 0 Å². The Hall–Kier alpha value is -1.25. The van der Waals surface area contributed by atoms with Crippen LogP contribution in [0, 0.1) is 5.92 Å². The summed E-state index contributed by atoms with van der Waals surface area (Å²) in [6.07, 6.45) is 3.43. The molecule has 2 heteroatoms. The third kappa shape index (κ3) is 3.74. The Balaban J connectivity index is 1.64. The molecule has 0 radical (unpaired) electrons. The Bertz CT molecular complexity index is 596. The zero-order valence-corrected chi connectivity index (χ0v) is 14.4. The molecular formula is C20H25NS. The Morgan fingerprint density at radius 2 is 1.91 bits per heavy atom. The van der Waals surface area contributed by atoms with E-state index >= 15 is 0 Å². The molecule has 2 aromatic carbocycles. The standard InChI is InChI=1S/C20H25NS/c1-16-14-21(15-17-7-4-3-5-8-17)12-11-20(16)18-9-6-10-19(13-18)22-2/h3-10,13,16,20H,11-12,14-15H2,1-2H3. The molecule has 1 fully saturated rings. The molecule has 3 rings (SSSR count). The highest BCUT2D eigenvalue weighted by molar-refractivity contribution is 7.98. The first kappa shape index (κ1) is 15.6. The minimum absolute atomic E-state index is 0.708. The van der Waals surface area contributed by atoms with E-state index in [1.807, 2.05) is 11.8 Å². The molecule has 2 unspecified atom stereocenters. The number of benzene rings is 2. The van der Waals surface area contributed by atoms with E-state index in [2.05, 4.69) is 72.7 Å². The number of nitrogens with zero attached hydrogens (tertiary/aromatic N) is 1. The van der Waals surface area contributed by atoms with Crippen LogP contribution in [0.25, 0.3) is 0 Å². The lowest BCUT2D eigenvalue weighted by atomic mass is 9.81. The number of likely N-dealkylation sites (tertiary alicyclic amines) is 1. The predicted molar refractivity (Wildman–Crippen MR) is 96.5 cm³/mol. The molecule has 1 heterocycles. The minimum atomic E-state index is 0.708. The highest BCUT2D eigenvalue weighted by Crippen LogP contribution is 2.34. The summed E-state index contributed by atoms with van der Waals surface area (Å²) < 4.78 is 0. The van der Waals surface area contributed by atoms with E-state index in [0.29, 0.717) is 5.92 Å². The Morgan fingerprint density at radius 3 is 2.64 bits per heavy atom. The molecule has 0 saturated carbocycles. The normalized spacial score (nSPS) is 22.6. The first-order chi connectivity index (χ1) is 10.8. The fraction of sp³-hybridized carbons (Fsp3) is 0.400. The fourth-order valence-electron chi connectivity index (χ4n) is 3.58. The maximum absolute atomic E-state index is 2.61. The van der Waals surface area contributed by atoms with Gasteiger partial charge >= 0.3 is 0 Å². The van der Waals surface area contributed by atoms with E-state index in [1.165, 1.54) is 35.5 Å². The molecule has 0 aromatic heterocycles. The third-order valence-electron chi connectivity index (χ3n) is 4.76. The Kier molecular flexibility index (Phi) is 5.22. The van der Waals surface area contributed by atoms with Gasteiger partial charge in [-0.25, -0.2) is 0 Å². The molecule has 1 nitrogen and oxygen atoms in total. The van der Waals surface area contributed by atoms with Crippen LogP contribution in [0.2, 0.25) is 0 Å². The quantitative estimate of drug-likeness (QED) is 0.728. The van der Waals surface area contributed by atoms with Crippen LogP contribution in [0.3, 0.4) is 0 Å². The van der Waals surface area contributed by atoms with Crippen LogP contribution in [-0.4, -0.2) is 24.2 Å². The van der Waals surface area contributed by atoms with Crippen LogP contribution < -0.4 is 0 Å². The lowest BCUT2D eigenvalue weighted by Gasteiger charge is -2.37. The summed E-state index contributed by atoms with van der Waals surface area (Å²) in [7, 11) is 0. The van der Waals surface area contributed by atoms with Crippen molar-refractivity contribution < 1.29 is 0 Å². The van der Waals surface area contributed by atoms with Gasteiger partial charge in [0.2, 0.25) is 0 Å². The molecule has 0 amide bonds. The van der Waals surface area contributed by atoms with Crippen LogP contribution in [0.1, 0.15) is 30.4 Å². The van der Waals surface area contributed by atoms with Gasteiger partial charge in [-0.2, -0.15) is 0 Å². The van der Waals surface area contributed by atoms with Crippen molar-refractivity contribution in [1.29, 1.82) is 0 Å². The second-order valence-corrected chi connectivity index (χ2v) is 7.25. The lowest BCUT2D eigenvalue weighted by molar-refractivity contribution is 0.156. The van der Waals surface area contributed by atoms with Gasteiger partial charge in [0, 0.05) is 18.0 Å². The van der Waals surface area contributed by atoms with E-state index in [-0.39, 0.29) is 0 Å². The summed E-state index contributed by atoms with van der Waals surface area (Å²) in [5.74, 6) is 1.42. The molecule has 0 bridgehead atoms. The van der Waals surface area contributed by atoms with Gasteiger partial charge in [0.25, 0.3) is 0 Å². The van der Waals surface area contributed by atoms with Gasteiger partial charge in [0.1, 0.15) is 0 Å². The van der Waals surface area contributed by atoms with Gasteiger partial charge in [-0.3, -0.25) is 4.90 Å². The zero-order chi connectivity index (χ0) is 15.4. The molecular weight excluding hydrogens is 286 g/mol. The highest BCUT2D eigenvalue weighted by Gasteiger charge is 2.27. The number of thioether (sulfide) groups is 1. The SMILES string of the molecule is CSc1cccc(C2CCN(Cc3ccccc3)CC2C)c1. The molecule has 1 aliphatic rings.